The maximum atomic E-state index is 15.2. The smallest absolute Gasteiger partial charge is 0.258 e. The molecule has 59 heavy (non-hydrogen) atoms. The van der Waals surface area contributed by atoms with Crippen molar-refractivity contribution in [3.05, 3.63) is 77.1 Å². The number of halogens is 2. The van der Waals surface area contributed by atoms with Gasteiger partial charge in [-0.15, -0.1) is 0 Å². The van der Waals surface area contributed by atoms with E-state index >= 15 is 8.78 Å². The van der Waals surface area contributed by atoms with Gasteiger partial charge in [-0.3, -0.25) is 34.9 Å². The van der Waals surface area contributed by atoms with Crippen LogP contribution in [0.15, 0.2) is 48.7 Å². The second-order valence-corrected chi connectivity index (χ2v) is 16.8. The van der Waals surface area contributed by atoms with Crippen LogP contribution in [0, 0.1) is 36.3 Å². The minimum absolute atomic E-state index is 0.0587. The van der Waals surface area contributed by atoms with Gasteiger partial charge in [-0.25, -0.2) is 18.4 Å². The van der Waals surface area contributed by atoms with Crippen LogP contribution in [0.5, 0.6) is 5.88 Å². The van der Waals surface area contributed by atoms with E-state index in [2.05, 4.69) is 42.2 Å². The number of anilines is 3. The summed E-state index contributed by atoms with van der Waals surface area (Å²) in [7, 11) is 1.85. The van der Waals surface area contributed by atoms with E-state index in [1.54, 1.807) is 23.0 Å². The summed E-state index contributed by atoms with van der Waals surface area (Å²) in [6.45, 7) is 8.94. The fourth-order valence-electron chi connectivity index (χ4n) is 9.41. The number of nitrogens with one attached hydrogen (secondary N) is 2. The molecule has 0 spiro atoms. The van der Waals surface area contributed by atoms with Crippen molar-refractivity contribution in [3.63, 3.8) is 0 Å². The fraction of sp³-hybridized carbons (Fsp3) is 0.442. The van der Waals surface area contributed by atoms with Crippen LogP contribution in [0.1, 0.15) is 53.2 Å². The predicted octanol–water partition coefficient (Wildman–Crippen LogP) is 4.87. The summed E-state index contributed by atoms with van der Waals surface area (Å²) in [6, 6.07) is 12.5. The number of hydrogen-bond acceptors (Lipinski definition) is 10. The summed E-state index contributed by atoms with van der Waals surface area (Å²) in [5.41, 5.74) is 5.72. The summed E-state index contributed by atoms with van der Waals surface area (Å²) in [5.74, 6) is -1.35. The van der Waals surface area contributed by atoms with E-state index in [1.807, 2.05) is 24.9 Å². The molecule has 7 heterocycles. The monoisotopic (exact) mass is 804 g/mol. The van der Waals surface area contributed by atoms with Gasteiger partial charge in [-0.2, -0.15) is 5.10 Å². The van der Waals surface area contributed by atoms with Crippen LogP contribution in [0.2, 0.25) is 0 Å². The van der Waals surface area contributed by atoms with E-state index in [0.29, 0.717) is 71.9 Å². The number of piperazine rings is 1. The molecule has 1 saturated carbocycles. The number of aromatic nitrogens is 5. The predicted molar refractivity (Wildman–Crippen MR) is 216 cm³/mol. The van der Waals surface area contributed by atoms with E-state index in [0.717, 1.165) is 74.4 Å². The third-order valence-corrected chi connectivity index (χ3v) is 12.8. The first-order valence-corrected chi connectivity index (χ1v) is 20.5. The molecule has 0 radical (unpaired) electrons. The van der Waals surface area contributed by atoms with Crippen molar-refractivity contribution < 1.29 is 27.9 Å². The first kappa shape index (κ1) is 37.4. The molecule has 14 nitrogen and oxygen atoms in total. The molecule has 3 atom stereocenters. The van der Waals surface area contributed by atoms with Crippen LogP contribution in [-0.2, 0) is 23.2 Å². The van der Waals surface area contributed by atoms with Gasteiger partial charge in [0.2, 0.25) is 23.6 Å². The standard InChI is InChI=1S/C43H46F2N10O4/c1-24-13-27-15-36(47-24)32-19-46-51(2)42(32)59-12-7-26-14-28(26)23-55-37-18-29(3-5-35(37)48-43(55)50-40(27)57)53-10-8-52(9-11-53)20-25-21-54(22-25)30-16-33(44)39(34(45)17-30)31-4-6-38(56)49-41(31)58/h3,5,13,15-19,25-26,28,31H,4,6-12,14,20-23H2,1-2H3,(H,48,50,57)(H,49,56,58)/t26-,28+,31+/m0/s1. The number of imidazole rings is 1. The van der Waals surface area contributed by atoms with Crippen LogP contribution in [0.3, 0.4) is 0 Å². The lowest BCUT2D eigenvalue weighted by molar-refractivity contribution is -0.134. The number of aryl methyl sites for hydroxylation is 2. The number of pyridine rings is 1. The number of rotatable bonds is 5. The van der Waals surface area contributed by atoms with E-state index in [1.165, 1.54) is 12.1 Å². The number of fused-ring (bicyclic) bond motifs is 8. The molecule has 3 amide bonds. The van der Waals surface area contributed by atoms with Gasteiger partial charge >= 0.3 is 0 Å². The molecule has 1 aliphatic carbocycles. The second kappa shape index (κ2) is 14.7. The molecule has 0 unspecified atom stereocenters. The number of hydrogen-bond donors (Lipinski definition) is 2. The molecule has 3 saturated heterocycles. The molecule has 3 aromatic heterocycles. The maximum Gasteiger partial charge on any atom is 0.258 e. The summed E-state index contributed by atoms with van der Waals surface area (Å²) in [5, 5.41) is 9.75. The molecule has 2 N–H and O–H groups in total. The fourth-order valence-corrected chi connectivity index (χ4v) is 9.41. The van der Waals surface area contributed by atoms with Crippen LogP contribution in [0.4, 0.5) is 26.1 Å². The largest absolute Gasteiger partial charge is 0.477 e. The van der Waals surface area contributed by atoms with E-state index in [4.69, 9.17) is 14.7 Å². The van der Waals surface area contributed by atoms with Gasteiger partial charge in [0, 0.05) is 99.9 Å². The number of ether oxygens (including phenoxy) is 1. The van der Waals surface area contributed by atoms with E-state index in [-0.39, 0.29) is 24.3 Å². The lowest BCUT2D eigenvalue weighted by Crippen LogP contribution is -2.55. The Hall–Kier alpha value is -5.90. The molecule has 10 rings (SSSR count). The van der Waals surface area contributed by atoms with Gasteiger partial charge in [0.15, 0.2) is 0 Å². The second-order valence-electron chi connectivity index (χ2n) is 16.8. The van der Waals surface area contributed by atoms with Crippen molar-refractivity contribution in [2.24, 2.45) is 24.8 Å². The highest BCUT2D eigenvalue weighted by Gasteiger charge is 2.39. The molecule has 2 aromatic carbocycles. The molecular weight excluding hydrogens is 759 g/mol. The lowest BCUT2D eigenvalue weighted by atomic mass is 9.89. The van der Waals surface area contributed by atoms with Crippen LogP contribution >= 0.6 is 0 Å². The van der Waals surface area contributed by atoms with E-state index < -0.39 is 29.4 Å². The molecule has 5 aromatic rings. The lowest BCUT2D eigenvalue weighted by Gasteiger charge is -2.45. The van der Waals surface area contributed by atoms with Gasteiger partial charge in [-0.05, 0) is 80.5 Å². The highest BCUT2D eigenvalue weighted by atomic mass is 19.1. The number of piperidine rings is 1. The van der Waals surface area contributed by atoms with E-state index in [9.17, 15) is 14.4 Å². The third kappa shape index (κ3) is 7.16. The summed E-state index contributed by atoms with van der Waals surface area (Å²) < 4.78 is 40.5. The average molecular weight is 805 g/mol. The first-order chi connectivity index (χ1) is 28.5. The third-order valence-electron chi connectivity index (χ3n) is 12.8. The molecule has 5 aliphatic rings. The minimum atomic E-state index is -1.01. The maximum absolute atomic E-state index is 15.2. The minimum Gasteiger partial charge on any atom is -0.477 e. The molecule has 4 fully saturated rings. The number of nitrogens with zero attached hydrogens (tertiary/aromatic N) is 8. The Morgan fingerprint density at radius 2 is 1.66 bits per heavy atom. The van der Waals surface area contributed by atoms with Gasteiger partial charge in [0.1, 0.15) is 11.6 Å². The highest BCUT2D eigenvalue weighted by Crippen LogP contribution is 2.44. The zero-order valence-corrected chi connectivity index (χ0v) is 33.1. The van der Waals surface area contributed by atoms with Crippen LogP contribution in [-0.4, -0.2) is 99.4 Å². The summed E-state index contributed by atoms with van der Waals surface area (Å²) >= 11 is 0. The van der Waals surface area contributed by atoms with Crippen molar-refractivity contribution >= 4 is 46.1 Å². The number of benzene rings is 2. The highest BCUT2D eigenvalue weighted by molar-refractivity contribution is 6.05. The molecule has 4 aliphatic heterocycles. The Balaban J connectivity index is 0.802. The topological polar surface area (TPSA) is 143 Å². The normalized spacial score (nSPS) is 22.6. The quantitative estimate of drug-likeness (QED) is 0.237. The molecule has 306 valence electrons. The molecular formula is C43H46F2N10O4. The summed E-state index contributed by atoms with van der Waals surface area (Å²) in [6.07, 6.45) is 3.89. The van der Waals surface area contributed by atoms with Gasteiger partial charge < -0.3 is 19.1 Å². The van der Waals surface area contributed by atoms with Crippen molar-refractivity contribution in [2.45, 2.75) is 45.1 Å². The number of carbonyl (C=O) groups is 3. The van der Waals surface area contributed by atoms with Crippen molar-refractivity contribution in [1.82, 2.24) is 34.5 Å². The Labute approximate surface area is 339 Å². The molecule has 2 bridgehead atoms. The van der Waals surface area contributed by atoms with Crippen molar-refractivity contribution in [2.75, 3.05) is 67.5 Å². The van der Waals surface area contributed by atoms with Gasteiger partial charge in [-0.1, -0.05) is 0 Å². The number of carbonyl (C=O) groups excluding carboxylic acids is 3. The zero-order chi connectivity index (χ0) is 40.5. The number of amides is 3. The SMILES string of the molecule is Cc1cc2cc(n1)-c1cnn(C)c1OCC[C@H]1C[C@@H]1Cn1c(nc3ccc(N4CCN(CC5CN(c6cc(F)c([C@H]7CCC(=O)NC7=O)c(F)c6)C5)CC4)cc31)NC2=O. The van der Waals surface area contributed by atoms with Crippen molar-refractivity contribution in [3.8, 4) is 17.1 Å². The zero-order valence-electron chi connectivity index (χ0n) is 33.1. The Bertz CT molecular complexity index is 2480. The molecule has 16 heteroatoms. The Morgan fingerprint density at radius 3 is 2.44 bits per heavy atom. The van der Waals surface area contributed by atoms with Crippen LogP contribution in [0.25, 0.3) is 22.3 Å². The Morgan fingerprint density at radius 1 is 0.864 bits per heavy atom. The number of imide groups is 1. The Kier molecular flexibility index (Phi) is 9.33. The average Bonchev–Trinajstić information content (AvgIpc) is 3.70. The summed E-state index contributed by atoms with van der Waals surface area (Å²) in [4.78, 5) is 54.1. The first-order valence-electron chi connectivity index (χ1n) is 20.5. The van der Waals surface area contributed by atoms with Crippen molar-refractivity contribution in [1.29, 1.82) is 0 Å². The van der Waals surface area contributed by atoms with Gasteiger partial charge in [0.05, 0.1) is 41.0 Å². The van der Waals surface area contributed by atoms with Gasteiger partial charge in [0.25, 0.3) is 5.91 Å². The van der Waals surface area contributed by atoms with Crippen LogP contribution < -0.4 is 25.2 Å².